The fourth-order valence-corrected chi connectivity index (χ4v) is 8.89. The summed E-state index contributed by atoms with van der Waals surface area (Å²) >= 11 is 0. The molecule has 12 rings (SSSR count). The van der Waals surface area contributed by atoms with Gasteiger partial charge in [0, 0.05) is 67.1 Å². The Morgan fingerprint density at radius 1 is 0.782 bits per heavy atom. The van der Waals surface area contributed by atoms with Crippen molar-refractivity contribution in [3.63, 3.8) is 0 Å². The number of nitrogens with zero attached hydrogens (tertiary/aromatic N) is 4. The van der Waals surface area contributed by atoms with E-state index in [9.17, 15) is 1.37 Å². The summed E-state index contributed by atoms with van der Waals surface area (Å²) in [5, 5.41) is 2.10. The van der Waals surface area contributed by atoms with E-state index in [1.165, 1.54) is 38.7 Å². The van der Waals surface area contributed by atoms with E-state index in [0.717, 1.165) is 44.3 Å². The molecule has 0 radical (unpaired) electrons. The summed E-state index contributed by atoms with van der Waals surface area (Å²) < 4.78 is 61.1. The van der Waals surface area contributed by atoms with Gasteiger partial charge >= 0.3 is 0 Å². The smallest absolute Gasteiger partial charge is 0.135 e. The third kappa shape index (κ3) is 4.99. The second-order valence-corrected chi connectivity index (χ2v) is 15.3. The summed E-state index contributed by atoms with van der Waals surface area (Å²) in [6.45, 7) is 5.44. The molecule has 0 atom stereocenters. The number of benzene rings is 6. The molecule has 8 aromatic rings. The first-order chi connectivity index (χ1) is 28.8. The summed E-state index contributed by atoms with van der Waals surface area (Å²) in [6.07, 6.45) is 1.85. The monoisotopic (exact) mass is 898 g/mol. The average molecular weight is 899 g/mol. The molecule has 4 aliphatic rings. The van der Waals surface area contributed by atoms with Crippen molar-refractivity contribution in [2.45, 2.75) is 38.0 Å². The minimum atomic E-state index is -2.51. The number of rotatable bonds is 4. The Morgan fingerprint density at radius 3 is 2.15 bits per heavy atom. The molecule has 2 bridgehead atoms. The van der Waals surface area contributed by atoms with Gasteiger partial charge in [-0.2, -0.15) is 12.7 Å². The van der Waals surface area contributed by atoms with E-state index in [1.807, 2.05) is 12.3 Å². The Kier molecular flexibility index (Phi) is 6.31. The van der Waals surface area contributed by atoms with Crippen molar-refractivity contribution < 1.29 is 34.0 Å². The summed E-state index contributed by atoms with van der Waals surface area (Å²) in [4.78, 5) is 7.65. The van der Waals surface area contributed by atoms with E-state index in [1.54, 1.807) is 24.3 Å². The zero-order chi connectivity index (χ0) is 41.4. The van der Waals surface area contributed by atoms with Crippen molar-refractivity contribution in [3.8, 4) is 17.3 Å². The largest absolute Gasteiger partial charge is 0.509 e. The second-order valence-electron chi connectivity index (χ2n) is 15.3. The van der Waals surface area contributed by atoms with Crippen LogP contribution >= 0.6 is 0 Å². The summed E-state index contributed by atoms with van der Waals surface area (Å²) in [7, 11) is 0. The van der Waals surface area contributed by atoms with Gasteiger partial charge in [0.2, 0.25) is 0 Å². The quantitative estimate of drug-likeness (QED) is 0.165. The molecule has 6 heteroatoms. The standard InChI is InChI=1S/C49H37N4O.Pt/c1-49(2,3)30-24-25-50-43(26-30)53-38-21-10-9-20-37(38)46-41(53)28-42(54-32-15-13-14-31(27-32)52-29-51(4)39-22-11-12-23-40(39)52)47-44-33-16-5-7-18-35(33)45(48(46)47)36-19-8-6-17-34(36)44;/h5-26,29,44-45H,1-4H3;/q-3;/i4D3,13D,14D,15D;. The zero-order valence-electron chi connectivity index (χ0n) is 36.2. The molecule has 55 heavy (non-hydrogen) atoms. The molecule has 0 saturated heterocycles. The molecule has 0 saturated carbocycles. The molecule has 3 heterocycles. The van der Waals surface area contributed by atoms with E-state index < -0.39 is 6.98 Å². The number of aromatic nitrogens is 2. The third-order valence-electron chi connectivity index (χ3n) is 11.2. The molecule has 0 fully saturated rings. The number of para-hydroxylation sites is 3. The van der Waals surface area contributed by atoms with E-state index in [-0.39, 0.29) is 67.9 Å². The van der Waals surface area contributed by atoms with Crippen LogP contribution in [0.25, 0.3) is 27.6 Å². The van der Waals surface area contributed by atoms with Gasteiger partial charge in [-0.15, -0.1) is 35.5 Å². The molecule has 6 aromatic carbocycles. The maximum atomic E-state index is 9.20. The normalized spacial score (nSPS) is 18.2. The molecular weight excluding hydrogens is 856 g/mol. The minimum absolute atomic E-state index is 0. The number of anilines is 3. The van der Waals surface area contributed by atoms with Crippen LogP contribution in [0.4, 0.5) is 17.1 Å². The fourth-order valence-electron chi connectivity index (χ4n) is 8.89. The van der Waals surface area contributed by atoms with Crippen molar-refractivity contribution in [2.75, 3.05) is 16.8 Å². The molecule has 2 aromatic heterocycles. The van der Waals surface area contributed by atoms with Gasteiger partial charge in [0.05, 0.1) is 0 Å². The maximum Gasteiger partial charge on any atom is 0.135 e. The van der Waals surface area contributed by atoms with Gasteiger partial charge in [0.1, 0.15) is 5.82 Å². The van der Waals surface area contributed by atoms with Crippen molar-refractivity contribution in [1.29, 1.82) is 0 Å². The van der Waals surface area contributed by atoms with Crippen molar-refractivity contribution in [2.24, 2.45) is 0 Å². The molecule has 3 aliphatic carbocycles. The van der Waals surface area contributed by atoms with Gasteiger partial charge in [-0.05, 0) is 84.6 Å². The van der Waals surface area contributed by atoms with Crippen LogP contribution in [-0.4, -0.2) is 16.5 Å². The minimum Gasteiger partial charge on any atom is -0.509 e. The Balaban J connectivity index is 0.00000445. The van der Waals surface area contributed by atoms with Gasteiger partial charge in [0.15, 0.2) is 0 Å². The van der Waals surface area contributed by atoms with Gasteiger partial charge in [0.25, 0.3) is 0 Å². The first kappa shape index (κ1) is 27.9. The number of pyridine rings is 1. The number of ether oxygens (including phenoxy) is 1. The van der Waals surface area contributed by atoms with E-state index in [2.05, 4.69) is 116 Å². The first-order valence-corrected chi connectivity index (χ1v) is 18.2. The van der Waals surface area contributed by atoms with Gasteiger partial charge in [-0.25, -0.2) is 4.98 Å². The second kappa shape index (κ2) is 12.4. The summed E-state index contributed by atoms with van der Waals surface area (Å²) in [6, 6.07) is 42.6. The van der Waals surface area contributed by atoms with Crippen LogP contribution in [0.15, 0.2) is 134 Å². The molecule has 0 amide bonds. The van der Waals surface area contributed by atoms with Crippen LogP contribution in [0.1, 0.15) is 79.8 Å². The van der Waals surface area contributed by atoms with Gasteiger partial charge in [-0.1, -0.05) is 116 Å². The molecule has 1 aliphatic heterocycles. The molecule has 272 valence electrons. The molecule has 5 nitrogen and oxygen atoms in total. The van der Waals surface area contributed by atoms with Crippen LogP contribution in [0, 0.1) is 18.8 Å². The molecule has 0 N–H and O–H groups in total. The van der Waals surface area contributed by atoms with Crippen molar-refractivity contribution in [1.82, 2.24) is 9.55 Å². The topological polar surface area (TPSA) is 33.5 Å². The summed E-state index contributed by atoms with van der Waals surface area (Å²) in [5.74, 6) is 0.671. The van der Waals surface area contributed by atoms with E-state index in [4.69, 9.17) is 16.6 Å². The van der Waals surface area contributed by atoms with Gasteiger partial charge in [-0.3, -0.25) is 0 Å². The Morgan fingerprint density at radius 2 is 1.44 bits per heavy atom. The predicted octanol–water partition coefficient (Wildman–Crippen LogP) is 11.6. The van der Waals surface area contributed by atoms with Crippen LogP contribution in [0.2, 0.25) is 0 Å². The summed E-state index contributed by atoms with van der Waals surface area (Å²) in [5.41, 5.74) is 10.5. The maximum absolute atomic E-state index is 9.20. The Bertz CT molecular complexity index is 3070. The van der Waals surface area contributed by atoms with Gasteiger partial charge < -0.3 is 19.1 Å². The van der Waals surface area contributed by atoms with Crippen molar-refractivity contribution >= 4 is 38.9 Å². The van der Waals surface area contributed by atoms with E-state index >= 15 is 0 Å². The number of fused-ring (bicyclic) bond motifs is 4. The predicted molar refractivity (Wildman–Crippen MR) is 218 cm³/mol. The zero-order valence-corrected chi connectivity index (χ0v) is 32.5. The van der Waals surface area contributed by atoms with Crippen LogP contribution < -0.4 is 14.5 Å². The SMILES string of the molecule is [2H]c1c(Oc2[c-]c3c(c4c2C2c5ccccc5C4c4ccccc42)c2ccccc2n3-c2cc(C(C)(C)C)ccn2)[c-]c(N2[CH-]N(C([2H])([2H])[2H])c3ccccc32)c([2H])c1[2H].[Pt]. The number of hydrogen-bond acceptors (Lipinski definition) is 4. The van der Waals surface area contributed by atoms with Crippen molar-refractivity contribution in [3.05, 3.63) is 191 Å². The Hall–Kier alpha value is -5.64. The third-order valence-corrected chi connectivity index (χ3v) is 11.2. The molecule has 0 spiro atoms. The fraction of sp³-hybridized carbons (Fsp3) is 0.143. The molecule has 0 unspecified atom stereocenters. The average Bonchev–Trinajstić information content (AvgIpc) is 3.80. The van der Waals surface area contributed by atoms with Crippen LogP contribution in [0.5, 0.6) is 11.5 Å². The molecular formula is C49H37N4OPt-3. The first-order valence-electron chi connectivity index (χ1n) is 21.2. The van der Waals surface area contributed by atoms with Crippen LogP contribution in [-0.2, 0) is 26.5 Å². The Labute approximate surface area is 344 Å². The van der Waals surface area contributed by atoms with E-state index in [0.29, 0.717) is 17.1 Å². The number of hydrogen-bond donors (Lipinski definition) is 0. The van der Waals surface area contributed by atoms with Crippen LogP contribution in [0.3, 0.4) is 0 Å².